The van der Waals surface area contributed by atoms with Crippen molar-refractivity contribution in [1.29, 1.82) is 0 Å². The molecule has 0 radical (unpaired) electrons. The molecule has 30 heavy (non-hydrogen) atoms. The van der Waals surface area contributed by atoms with Gasteiger partial charge < -0.3 is 15.4 Å². The molecule has 154 valence electrons. The summed E-state index contributed by atoms with van der Waals surface area (Å²) in [5.41, 5.74) is 3.22. The second-order valence-electron chi connectivity index (χ2n) is 6.77. The minimum atomic E-state index is -0.181. The lowest BCUT2D eigenvalue weighted by Gasteiger charge is -2.09. The van der Waals surface area contributed by atoms with Gasteiger partial charge >= 0.3 is 0 Å². The molecule has 0 bridgehead atoms. The summed E-state index contributed by atoms with van der Waals surface area (Å²) >= 11 is 3.46. The summed E-state index contributed by atoms with van der Waals surface area (Å²) in [6.45, 7) is 0.373. The topological polar surface area (TPSA) is 67.4 Å². The molecule has 0 unspecified atom stereocenters. The van der Waals surface area contributed by atoms with Crippen molar-refractivity contribution >= 4 is 33.4 Å². The highest BCUT2D eigenvalue weighted by Crippen LogP contribution is 2.26. The number of aryl methyl sites for hydroxylation is 1. The number of para-hydroxylation sites is 1. The third-order valence-electron chi connectivity index (χ3n) is 4.57. The molecule has 2 N–H and O–H groups in total. The van der Waals surface area contributed by atoms with Gasteiger partial charge in [-0.25, -0.2) is 0 Å². The van der Waals surface area contributed by atoms with Crippen LogP contribution in [0, 0.1) is 0 Å². The number of nitrogens with one attached hydrogen (secondary N) is 2. The van der Waals surface area contributed by atoms with Crippen molar-refractivity contribution in [3.63, 3.8) is 0 Å². The minimum absolute atomic E-state index is 0.0407. The number of ether oxygens (including phenoxy) is 1. The number of anilines is 1. The van der Waals surface area contributed by atoms with Gasteiger partial charge in [-0.05, 0) is 69.9 Å². The lowest BCUT2D eigenvalue weighted by molar-refractivity contribution is -0.121. The van der Waals surface area contributed by atoms with Gasteiger partial charge in [0.2, 0.25) is 5.91 Å². The molecule has 5 nitrogen and oxygen atoms in total. The molecule has 0 aliphatic carbocycles. The fraction of sp³-hybridized carbons (Fsp3) is 0.167. The van der Waals surface area contributed by atoms with Crippen LogP contribution < -0.4 is 15.4 Å². The largest absolute Gasteiger partial charge is 0.496 e. The van der Waals surface area contributed by atoms with Crippen LogP contribution in [0.25, 0.3) is 0 Å². The summed E-state index contributed by atoms with van der Waals surface area (Å²) in [5, 5.41) is 5.78. The molecule has 0 saturated carbocycles. The van der Waals surface area contributed by atoms with Crippen LogP contribution in [-0.4, -0.2) is 18.9 Å². The van der Waals surface area contributed by atoms with Crippen molar-refractivity contribution in [2.45, 2.75) is 19.4 Å². The van der Waals surface area contributed by atoms with E-state index >= 15 is 0 Å². The number of hydrogen-bond donors (Lipinski definition) is 2. The number of methoxy groups -OCH3 is 1. The average Bonchev–Trinajstić information content (AvgIpc) is 2.77. The maximum absolute atomic E-state index is 12.4. The van der Waals surface area contributed by atoms with Gasteiger partial charge in [0.1, 0.15) is 5.75 Å². The van der Waals surface area contributed by atoms with E-state index in [1.165, 1.54) is 0 Å². The molecule has 0 heterocycles. The van der Waals surface area contributed by atoms with Gasteiger partial charge in [-0.1, -0.05) is 36.4 Å². The Labute approximate surface area is 184 Å². The van der Waals surface area contributed by atoms with E-state index in [1.54, 1.807) is 19.2 Å². The van der Waals surface area contributed by atoms with Crippen LogP contribution in [0.1, 0.15) is 27.9 Å². The van der Waals surface area contributed by atoms with E-state index in [9.17, 15) is 9.59 Å². The number of benzene rings is 3. The number of rotatable bonds is 8. The maximum atomic E-state index is 12.4. The number of carbonyl (C=O) groups is 2. The Morgan fingerprint density at radius 2 is 1.73 bits per heavy atom. The van der Waals surface area contributed by atoms with Crippen molar-refractivity contribution in [3.8, 4) is 5.75 Å². The Morgan fingerprint density at radius 3 is 2.47 bits per heavy atom. The van der Waals surface area contributed by atoms with E-state index in [0.717, 1.165) is 27.0 Å². The van der Waals surface area contributed by atoms with Gasteiger partial charge in [-0.15, -0.1) is 0 Å². The molecule has 0 atom stereocenters. The average molecular weight is 467 g/mol. The molecule has 0 aromatic heterocycles. The van der Waals surface area contributed by atoms with Crippen molar-refractivity contribution in [3.05, 3.63) is 94.0 Å². The fourth-order valence-corrected chi connectivity index (χ4v) is 3.55. The summed E-state index contributed by atoms with van der Waals surface area (Å²) in [7, 11) is 1.62. The van der Waals surface area contributed by atoms with Crippen LogP contribution in [0.15, 0.2) is 77.3 Å². The van der Waals surface area contributed by atoms with Crippen molar-refractivity contribution in [2.24, 2.45) is 0 Å². The summed E-state index contributed by atoms with van der Waals surface area (Å²) < 4.78 is 6.09. The summed E-state index contributed by atoms with van der Waals surface area (Å²) in [6.07, 6.45) is 1.01. The first-order valence-corrected chi connectivity index (χ1v) is 10.4. The van der Waals surface area contributed by atoms with Crippen LogP contribution in [0.4, 0.5) is 5.69 Å². The van der Waals surface area contributed by atoms with Crippen LogP contribution in [-0.2, 0) is 17.8 Å². The first-order valence-electron chi connectivity index (χ1n) is 9.59. The zero-order chi connectivity index (χ0) is 21.3. The molecule has 0 aliphatic rings. The molecule has 3 rings (SSSR count). The quantitative estimate of drug-likeness (QED) is 0.492. The zero-order valence-corrected chi connectivity index (χ0v) is 18.2. The SMILES string of the molecule is COc1ccc(CCC(=O)NCc2cccc(C(=O)Nc3ccccc3)c2)cc1Br. The highest BCUT2D eigenvalue weighted by Gasteiger charge is 2.08. The third-order valence-corrected chi connectivity index (χ3v) is 5.19. The van der Waals surface area contributed by atoms with E-state index in [2.05, 4.69) is 26.6 Å². The van der Waals surface area contributed by atoms with Crippen molar-refractivity contribution in [2.75, 3.05) is 12.4 Å². The van der Waals surface area contributed by atoms with Gasteiger partial charge in [0.05, 0.1) is 11.6 Å². The van der Waals surface area contributed by atoms with Crippen LogP contribution in [0.5, 0.6) is 5.75 Å². The van der Waals surface area contributed by atoms with E-state index < -0.39 is 0 Å². The summed E-state index contributed by atoms with van der Waals surface area (Å²) in [5.74, 6) is 0.542. The molecule has 0 fully saturated rings. The van der Waals surface area contributed by atoms with E-state index in [0.29, 0.717) is 24.9 Å². The molecular formula is C24H23BrN2O3. The molecule has 3 aromatic carbocycles. The van der Waals surface area contributed by atoms with Crippen LogP contribution in [0.3, 0.4) is 0 Å². The first kappa shape index (κ1) is 21.6. The van der Waals surface area contributed by atoms with Crippen molar-refractivity contribution in [1.82, 2.24) is 5.32 Å². The minimum Gasteiger partial charge on any atom is -0.496 e. The Hall–Kier alpha value is -3.12. The first-order chi connectivity index (χ1) is 14.5. The maximum Gasteiger partial charge on any atom is 0.255 e. The molecule has 2 amide bonds. The lowest BCUT2D eigenvalue weighted by Crippen LogP contribution is -2.23. The molecule has 0 saturated heterocycles. The molecule has 3 aromatic rings. The smallest absolute Gasteiger partial charge is 0.255 e. The Morgan fingerprint density at radius 1 is 0.933 bits per heavy atom. The lowest BCUT2D eigenvalue weighted by atomic mass is 10.1. The van der Waals surface area contributed by atoms with E-state index in [4.69, 9.17) is 4.74 Å². The van der Waals surface area contributed by atoms with Gasteiger partial charge in [0.25, 0.3) is 5.91 Å². The van der Waals surface area contributed by atoms with Gasteiger partial charge in [0, 0.05) is 24.2 Å². The van der Waals surface area contributed by atoms with Crippen LogP contribution >= 0.6 is 15.9 Å². The highest BCUT2D eigenvalue weighted by atomic mass is 79.9. The normalized spacial score (nSPS) is 10.3. The predicted molar refractivity (Wildman–Crippen MR) is 122 cm³/mol. The predicted octanol–water partition coefficient (Wildman–Crippen LogP) is 4.96. The third kappa shape index (κ3) is 6.19. The number of hydrogen-bond acceptors (Lipinski definition) is 3. The van der Waals surface area contributed by atoms with Crippen molar-refractivity contribution < 1.29 is 14.3 Å². The Balaban J connectivity index is 1.50. The van der Waals surface area contributed by atoms with Gasteiger partial charge in [0.15, 0.2) is 0 Å². The fourth-order valence-electron chi connectivity index (χ4n) is 2.96. The van der Waals surface area contributed by atoms with E-state index in [1.807, 2.05) is 60.7 Å². The summed E-state index contributed by atoms with van der Waals surface area (Å²) in [6, 6.07) is 22.3. The second-order valence-corrected chi connectivity index (χ2v) is 7.62. The van der Waals surface area contributed by atoms with Gasteiger partial charge in [-0.3, -0.25) is 9.59 Å². The molecule has 0 spiro atoms. The Kier molecular flexibility index (Phi) is 7.63. The molecule has 6 heteroatoms. The Bertz CT molecular complexity index is 1020. The van der Waals surface area contributed by atoms with Crippen LogP contribution in [0.2, 0.25) is 0 Å². The molecular weight excluding hydrogens is 444 g/mol. The second kappa shape index (κ2) is 10.6. The number of amides is 2. The van der Waals surface area contributed by atoms with E-state index in [-0.39, 0.29) is 11.8 Å². The van der Waals surface area contributed by atoms with Gasteiger partial charge in [-0.2, -0.15) is 0 Å². The standard InChI is InChI=1S/C24H23BrN2O3/c1-30-22-12-10-17(15-21(22)25)11-13-23(28)26-16-18-6-5-7-19(14-18)24(29)27-20-8-3-2-4-9-20/h2-10,12,14-15H,11,13,16H2,1H3,(H,26,28)(H,27,29). The summed E-state index contributed by atoms with van der Waals surface area (Å²) in [4.78, 5) is 24.7. The number of halogens is 1. The number of carbonyl (C=O) groups excluding carboxylic acids is 2. The monoisotopic (exact) mass is 466 g/mol. The highest BCUT2D eigenvalue weighted by molar-refractivity contribution is 9.10. The molecule has 0 aliphatic heterocycles. The zero-order valence-electron chi connectivity index (χ0n) is 16.7.